The predicted octanol–water partition coefficient (Wildman–Crippen LogP) is 2.51. The minimum absolute atomic E-state index is 0.0946. The molecule has 0 bridgehead atoms. The van der Waals surface area contributed by atoms with Gasteiger partial charge < -0.3 is 4.90 Å². The van der Waals surface area contributed by atoms with Gasteiger partial charge in [-0.15, -0.1) is 0 Å². The third-order valence-electron chi connectivity index (χ3n) is 2.41. The van der Waals surface area contributed by atoms with Crippen LogP contribution in [0.25, 0.3) is 0 Å². The highest BCUT2D eigenvalue weighted by atomic mass is 32.2. The van der Waals surface area contributed by atoms with E-state index in [1.807, 2.05) is 37.4 Å². The molecule has 0 aliphatic heterocycles. The highest BCUT2D eigenvalue weighted by Crippen LogP contribution is 2.09. The van der Waals surface area contributed by atoms with Crippen LogP contribution in [0, 0.1) is 0 Å². The summed E-state index contributed by atoms with van der Waals surface area (Å²) in [6.07, 6.45) is 2.05. The molecule has 2 nitrogen and oxygen atoms in total. The molecule has 1 amide bonds. The fraction of sp³-hybridized carbons (Fsp3) is 0.417. The predicted molar refractivity (Wildman–Crippen MR) is 66.4 cm³/mol. The fourth-order valence-electron chi connectivity index (χ4n) is 1.34. The van der Waals surface area contributed by atoms with Gasteiger partial charge in [0.05, 0.1) is 0 Å². The van der Waals surface area contributed by atoms with Gasteiger partial charge in [0.25, 0.3) is 5.91 Å². The van der Waals surface area contributed by atoms with Crippen molar-refractivity contribution in [1.29, 1.82) is 0 Å². The van der Waals surface area contributed by atoms with Crippen molar-refractivity contribution in [3.63, 3.8) is 0 Å². The van der Waals surface area contributed by atoms with Gasteiger partial charge in [-0.2, -0.15) is 11.8 Å². The first-order valence-corrected chi connectivity index (χ1v) is 6.37. The Balaban J connectivity index is 2.69. The molecule has 0 saturated heterocycles. The second kappa shape index (κ2) is 5.81. The van der Waals surface area contributed by atoms with E-state index in [1.54, 1.807) is 16.7 Å². The number of amides is 1. The largest absolute Gasteiger partial charge is 0.338 e. The lowest BCUT2D eigenvalue weighted by Gasteiger charge is -2.24. The van der Waals surface area contributed by atoms with Gasteiger partial charge in [-0.3, -0.25) is 4.79 Å². The average molecular weight is 223 g/mol. The topological polar surface area (TPSA) is 20.3 Å². The van der Waals surface area contributed by atoms with E-state index in [1.165, 1.54) is 0 Å². The zero-order chi connectivity index (χ0) is 11.3. The SMILES string of the molecule is CSCC(C)N(C)C(=O)c1ccccc1. The lowest BCUT2D eigenvalue weighted by molar-refractivity contribution is 0.0757. The molecule has 1 atom stereocenters. The van der Waals surface area contributed by atoms with Crippen LogP contribution < -0.4 is 0 Å². The van der Waals surface area contributed by atoms with Crippen LogP contribution >= 0.6 is 11.8 Å². The number of carbonyl (C=O) groups excluding carboxylic acids is 1. The van der Waals surface area contributed by atoms with Crippen LogP contribution in [0.1, 0.15) is 17.3 Å². The van der Waals surface area contributed by atoms with Crippen molar-refractivity contribution in [3.8, 4) is 0 Å². The molecule has 0 spiro atoms. The van der Waals surface area contributed by atoms with Crippen molar-refractivity contribution < 1.29 is 4.79 Å². The number of thioether (sulfide) groups is 1. The molecule has 3 heteroatoms. The van der Waals surface area contributed by atoms with Crippen LogP contribution in [-0.4, -0.2) is 35.9 Å². The Morgan fingerprint density at radius 3 is 2.53 bits per heavy atom. The monoisotopic (exact) mass is 223 g/mol. The molecule has 15 heavy (non-hydrogen) atoms. The Labute approximate surface area is 95.7 Å². The Bertz CT molecular complexity index is 313. The molecule has 0 N–H and O–H groups in total. The molecule has 82 valence electrons. The summed E-state index contributed by atoms with van der Waals surface area (Å²) in [6, 6.07) is 9.67. The first-order valence-electron chi connectivity index (χ1n) is 4.98. The van der Waals surface area contributed by atoms with Gasteiger partial charge in [0.1, 0.15) is 0 Å². The maximum atomic E-state index is 12.0. The van der Waals surface area contributed by atoms with Gasteiger partial charge >= 0.3 is 0 Å². The summed E-state index contributed by atoms with van der Waals surface area (Å²) in [5.41, 5.74) is 0.757. The molecule has 0 heterocycles. The van der Waals surface area contributed by atoms with Crippen molar-refractivity contribution >= 4 is 17.7 Å². The second-order valence-electron chi connectivity index (χ2n) is 3.59. The minimum atomic E-state index is 0.0946. The van der Waals surface area contributed by atoms with Crippen LogP contribution in [0.3, 0.4) is 0 Å². The minimum Gasteiger partial charge on any atom is -0.338 e. The van der Waals surface area contributed by atoms with Crippen molar-refractivity contribution in [1.82, 2.24) is 4.90 Å². The van der Waals surface area contributed by atoms with E-state index >= 15 is 0 Å². The van der Waals surface area contributed by atoms with Crippen LogP contribution in [0.4, 0.5) is 0 Å². The highest BCUT2D eigenvalue weighted by Gasteiger charge is 2.16. The summed E-state index contributed by atoms with van der Waals surface area (Å²) in [7, 11) is 1.86. The highest BCUT2D eigenvalue weighted by molar-refractivity contribution is 7.98. The molecule has 0 aromatic heterocycles. The van der Waals surface area contributed by atoms with Crippen LogP contribution in [0.2, 0.25) is 0 Å². The zero-order valence-corrected chi connectivity index (χ0v) is 10.3. The first-order chi connectivity index (χ1) is 7.16. The molecule has 0 aliphatic rings. The molecular formula is C12H17NOS. The van der Waals surface area contributed by atoms with Crippen molar-refractivity contribution in [3.05, 3.63) is 35.9 Å². The van der Waals surface area contributed by atoms with Crippen molar-refractivity contribution in [2.24, 2.45) is 0 Å². The number of rotatable bonds is 4. The van der Waals surface area contributed by atoms with E-state index in [9.17, 15) is 4.79 Å². The van der Waals surface area contributed by atoms with Gasteiger partial charge in [0.15, 0.2) is 0 Å². The first kappa shape index (κ1) is 12.1. The Morgan fingerprint density at radius 2 is 2.00 bits per heavy atom. The molecule has 0 fully saturated rings. The summed E-state index contributed by atoms with van der Waals surface area (Å²) >= 11 is 1.76. The van der Waals surface area contributed by atoms with Crippen LogP contribution in [-0.2, 0) is 0 Å². The van der Waals surface area contributed by atoms with Gasteiger partial charge in [-0.25, -0.2) is 0 Å². The molecule has 0 saturated carbocycles. The lowest BCUT2D eigenvalue weighted by Crippen LogP contribution is -2.36. The van der Waals surface area contributed by atoms with Gasteiger partial charge in [-0.05, 0) is 25.3 Å². The average Bonchev–Trinajstić information content (AvgIpc) is 2.28. The number of carbonyl (C=O) groups is 1. The van der Waals surface area contributed by atoms with Crippen molar-refractivity contribution in [2.45, 2.75) is 13.0 Å². The number of hydrogen-bond acceptors (Lipinski definition) is 2. The van der Waals surface area contributed by atoms with E-state index in [0.717, 1.165) is 11.3 Å². The molecule has 1 aromatic rings. The summed E-state index contributed by atoms with van der Waals surface area (Å²) in [6.45, 7) is 2.07. The fourth-order valence-corrected chi connectivity index (χ4v) is 2.04. The van der Waals surface area contributed by atoms with E-state index in [2.05, 4.69) is 13.2 Å². The van der Waals surface area contributed by atoms with Crippen LogP contribution in [0.15, 0.2) is 30.3 Å². The summed E-state index contributed by atoms with van der Waals surface area (Å²) in [4.78, 5) is 13.8. The summed E-state index contributed by atoms with van der Waals surface area (Å²) in [5.74, 6) is 1.06. The standard InChI is InChI=1S/C12H17NOS/c1-10(9-15-3)13(2)12(14)11-7-5-4-6-8-11/h4-8,10H,9H2,1-3H3. The lowest BCUT2D eigenvalue weighted by atomic mass is 10.2. The molecule has 1 aromatic carbocycles. The zero-order valence-electron chi connectivity index (χ0n) is 9.43. The number of benzene rings is 1. The number of hydrogen-bond donors (Lipinski definition) is 0. The molecular weight excluding hydrogens is 206 g/mol. The summed E-state index contributed by atoms with van der Waals surface area (Å²) < 4.78 is 0. The van der Waals surface area contributed by atoms with Gasteiger partial charge in [0, 0.05) is 24.4 Å². The quantitative estimate of drug-likeness (QED) is 0.781. The smallest absolute Gasteiger partial charge is 0.253 e. The summed E-state index contributed by atoms with van der Waals surface area (Å²) in [5, 5.41) is 0. The van der Waals surface area contributed by atoms with Crippen molar-refractivity contribution in [2.75, 3.05) is 19.1 Å². The molecule has 1 unspecified atom stereocenters. The molecule has 0 radical (unpaired) electrons. The van der Waals surface area contributed by atoms with Gasteiger partial charge in [0.2, 0.25) is 0 Å². The normalized spacial score (nSPS) is 12.2. The van der Waals surface area contributed by atoms with E-state index in [0.29, 0.717) is 0 Å². The van der Waals surface area contributed by atoms with Crippen LogP contribution in [0.5, 0.6) is 0 Å². The third kappa shape index (κ3) is 3.27. The van der Waals surface area contributed by atoms with E-state index in [4.69, 9.17) is 0 Å². The van der Waals surface area contributed by atoms with E-state index < -0.39 is 0 Å². The molecule has 0 aliphatic carbocycles. The second-order valence-corrected chi connectivity index (χ2v) is 4.50. The Morgan fingerprint density at radius 1 is 1.40 bits per heavy atom. The number of nitrogens with zero attached hydrogens (tertiary/aromatic N) is 1. The maximum Gasteiger partial charge on any atom is 0.253 e. The van der Waals surface area contributed by atoms with E-state index in [-0.39, 0.29) is 11.9 Å². The molecule has 1 rings (SSSR count). The third-order valence-corrected chi connectivity index (χ3v) is 3.23. The Hall–Kier alpha value is -0.960. The maximum absolute atomic E-state index is 12.0. The Kier molecular flexibility index (Phi) is 4.69. The van der Waals surface area contributed by atoms with Gasteiger partial charge in [-0.1, -0.05) is 18.2 Å².